The van der Waals surface area contributed by atoms with Crippen molar-refractivity contribution >= 4 is 24.0 Å². The van der Waals surface area contributed by atoms with Crippen molar-refractivity contribution in [3.05, 3.63) is 93.1 Å². The number of ether oxygens (including phenoxy) is 2. The van der Waals surface area contributed by atoms with E-state index in [1.54, 1.807) is 6.07 Å². The number of nitrogens with zero attached hydrogens (tertiary/aromatic N) is 3. The molecule has 6 rings (SSSR count). The number of methoxy groups -OCH3 is 1. The molecule has 44 heavy (non-hydrogen) atoms. The Labute approximate surface area is 255 Å². The highest BCUT2D eigenvalue weighted by atomic mass is 35.5. The molecule has 1 aliphatic carbocycles. The zero-order valence-electron chi connectivity index (χ0n) is 23.3. The van der Waals surface area contributed by atoms with Crippen molar-refractivity contribution in [1.29, 1.82) is 0 Å². The maximum Gasteiger partial charge on any atom is 0.421 e. The van der Waals surface area contributed by atoms with Crippen molar-refractivity contribution in [2.45, 2.75) is 38.1 Å². The molecule has 12 heteroatoms. The summed E-state index contributed by atoms with van der Waals surface area (Å²) in [5.41, 5.74) is 4.73. The maximum atomic E-state index is 13.9. The number of halogens is 4. The molecule has 0 bridgehead atoms. The summed E-state index contributed by atoms with van der Waals surface area (Å²) in [6, 6.07) is 15.5. The molecule has 2 aromatic heterocycles. The number of carboxylic acid groups (broad SMARTS) is 1. The largest absolute Gasteiger partial charge is 0.480 e. The van der Waals surface area contributed by atoms with E-state index in [4.69, 9.17) is 26.1 Å². The third-order valence-electron chi connectivity index (χ3n) is 7.96. The molecule has 1 aliphatic heterocycles. The van der Waals surface area contributed by atoms with E-state index < -0.39 is 29.8 Å². The Morgan fingerprint density at radius 3 is 2.52 bits per heavy atom. The number of carbonyl (C=O) groups is 2. The Hall–Kier alpha value is -4.64. The highest BCUT2D eigenvalue weighted by Crippen LogP contribution is 2.45. The summed E-state index contributed by atoms with van der Waals surface area (Å²) >= 11 is 6.99. The van der Waals surface area contributed by atoms with Crippen LogP contribution in [0.15, 0.2) is 54.6 Å². The van der Waals surface area contributed by atoms with Crippen molar-refractivity contribution < 1.29 is 37.3 Å². The number of alkyl halides is 3. The van der Waals surface area contributed by atoms with Crippen molar-refractivity contribution in [2.24, 2.45) is 0 Å². The molecular weight excluding hydrogens is 599 g/mol. The Kier molecular flexibility index (Phi) is 7.66. The van der Waals surface area contributed by atoms with Gasteiger partial charge in [0.15, 0.2) is 6.29 Å². The second-order valence-corrected chi connectivity index (χ2v) is 10.9. The van der Waals surface area contributed by atoms with Crippen LogP contribution in [-0.4, -0.2) is 46.0 Å². The van der Waals surface area contributed by atoms with Crippen LogP contribution in [0.25, 0.3) is 22.4 Å². The van der Waals surface area contributed by atoms with Gasteiger partial charge in [-0.15, -0.1) is 0 Å². The van der Waals surface area contributed by atoms with Crippen molar-refractivity contribution in [1.82, 2.24) is 14.9 Å². The van der Waals surface area contributed by atoms with E-state index in [0.717, 1.165) is 27.9 Å². The third kappa shape index (κ3) is 5.32. The Morgan fingerprint density at radius 2 is 1.80 bits per heavy atom. The van der Waals surface area contributed by atoms with E-state index in [9.17, 15) is 27.9 Å². The van der Waals surface area contributed by atoms with Crippen molar-refractivity contribution in [3.63, 3.8) is 0 Å². The number of carbonyl (C=O) groups excluding carboxylic acids is 1. The molecule has 0 fully saturated rings. The first-order valence-electron chi connectivity index (χ1n) is 13.7. The first kappa shape index (κ1) is 29.4. The molecule has 2 aliphatic rings. The number of pyridine rings is 2. The van der Waals surface area contributed by atoms with Crippen LogP contribution in [0.3, 0.4) is 0 Å². The van der Waals surface area contributed by atoms with Gasteiger partial charge < -0.3 is 19.5 Å². The van der Waals surface area contributed by atoms with Gasteiger partial charge in [-0.25, -0.2) is 4.79 Å². The number of benzene rings is 2. The minimum atomic E-state index is -4.80. The first-order valence-corrected chi connectivity index (χ1v) is 14.1. The van der Waals surface area contributed by atoms with Crippen LogP contribution in [-0.2, 0) is 25.6 Å². The minimum absolute atomic E-state index is 0.256. The number of aldehydes is 1. The average Bonchev–Trinajstić information content (AvgIpc) is 3.42. The molecule has 1 N–H and O–H groups in total. The molecule has 0 spiro atoms. The third-order valence-corrected chi connectivity index (χ3v) is 8.37. The van der Waals surface area contributed by atoms with Crippen LogP contribution >= 0.6 is 11.6 Å². The van der Waals surface area contributed by atoms with Gasteiger partial charge in [0.25, 0.3) is 0 Å². The standard InChI is InChI=1S/C32H25ClF3N3O5/c1-43-29-18(16-40)14-24(32(34,35)36)30(38-29)44-27-11-9-20-19(4-2-5-21(20)27)22-6-3-7-23(28(22)33)26-10-8-17-15-39(31(41)42)13-12-25(17)37-26/h2-8,10,14,16,27H,9,11-13,15H2,1H3,(H,41,42). The zero-order chi connectivity index (χ0) is 31.2. The van der Waals surface area contributed by atoms with Gasteiger partial charge in [0.2, 0.25) is 11.8 Å². The number of amides is 1. The average molecular weight is 624 g/mol. The summed E-state index contributed by atoms with van der Waals surface area (Å²) in [5, 5.41) is 9.80. The van der Waals surface area contributed by atoms with Crippen LogP contribution < -0.4 is 9.47 Å². The summed E-state index contributed by atoms with van der Waals surface area (Å²) in [7, 11) is 1.22. The lowest BCUT2D eigenvalue weighted by molar-refractivity contribution is -0.139. The maximum absolute atomic E-state index is 13.9. The van der Waals surface area contributed by atoms with E-state index in [0.29, 0.717) is 53.7 Å². The number of hydrogen-bond acceptors (Lipinski definition) is 6. The monoisotopic (exact) mass is 623 g/mol. The van der Waals surface area contributed by atoms with E-state index in [1.807, 2.05) is 42.5 Å². The lowest BCUT2D eigenvalue weighted by Crippen LogP contribution is -2.35. The molecule has 0 saturated carbocycles. The molecule has 1 unspecified atom stereocenters. The van der Waals surface area contributed by atoms with E-state index >= 15 is 0 Å². The number of rotatable bonds is 6. The lowest BCUT2D eigenvalue weighted by Gasteiger charge is -2.26. The van der Waals surface area contributed by atoms with Crippen molar-refractivity contribution in [2.75, 3.05) is 13.7 Å². The molecule has 4 aromatic rings. The second kappa shape index (κ2) is 11.5. The Morgan fingerprint density at radius 1 is 1.05 bits per heavy atom. The molecule has 1 atom stereocenters. The number of fused-ring (bicyclic) bond motifs is 2. The van der Waals surface area contributed by atoms with Crippen molar-refractivity contribution in [3.8, 4) is 34.1 Å². The molecule has 0 radical (unpaired) electrons. The summed E-state index contributed by atoms with van der Waals surface area (Å²) in [6.45, 7) is 0.638. The Bertz CT molecular complexity index is 1800. The smallest absolute Gasteiger partial charge is 0.421 e. The van der Waals surface area contributed by atoms with Crippen LogP contribution in [0.2, 0.25) is 5.02 Å². The van der Waals surface area contributed by atoms with E-state index in [1.165, 1.54) is 12.0 Å². The predicted molar refractivity (Wildman–Crippen MR) is 155 cm³/mol. The highest BCUT2D eigenvalue weighted by Gasteiger charge is 2.38. The Balaban J connectivity index is 1.34. The van der Waals surface area contributed by atoms with Crippen LogP contribution in [0.5, 0.6) is 11.8 Å². The molecular formula is C32H25ClF3N3O5. The van der Waals surface area contributed by atoms with E-state index in [2.05, 4.69) is 4.98 Å². The molecule has 8 nitrogen and oxygen atoms in total. The van der Waals surface area contributed by atoms with Crippen LogP contribution in [0, 0.1) is 0 Å². The van der Waals surface area contributed by atoms with Gasteiger partial charge in [-0.2, -0.15) is 18.2 Å². The fourth-order valence-electron chi connectivity index (χ4n) is 5.83. The number of aromatic nitrogens is 2. The normalized spacial score (nSPS) is 15.8. The quantitative estimate of drug-likeness (QED) is 0.223. The zero-order valence-corrected chi connectivity index (χ0v) is 24.1. The summed E-state index contributed by atoms with van der Waals surface area (Å²) in [6.07, 6.45) is -4.81. The van der Waals surface area contributed by atoms with E-state index in [-0.39, 0.29) is 24.3 Å². The first-order chi connectivity index (χ1) is 21.1. The van der Waals surface area contributed by atoms with Gasteiger partial charge in [-0.05, 0) is 47.2 Å². The summed E-state index contributed by atoms with van der Waals surface area (Å²) < 4.78 is 52.6. The van der Waals surface area contributed by atoms with Gasteiger partial charge in [-0.1, -0.05) is 54.1 Å². The van der Waals surface area contributed by atoms with Gasteiger partial charge in [0.1, 0.15) is 11.7 Å². The lowest BCUT2D eigenvalue weighted by atomic mass is 9.94. The summed E-state index contributed by atoms with van der Waals surface area (Å²) in [4.78, 5) is 32.8. The molecule has 226 valence electrons. The highest BCUT2D eigenvalue weighted by molar-refractivity contribution is 6.36. The van der Waals surface area contributed by atoms with Gasteiger partial charge >= 0.3 is 12.3 Å². The fourth-order valence-corrected chi connectivity index (χ4v) is 6.15. The molecule has 2 aromatic carbocycles. The predicted octanol–water partition coefficient (Wildman–Crippen LogP) is 7.41. The molecule has 1 amide bonds. The van der Waals surface area contributed by atoms with Crippen LogP contribution in [0.4, 0.5) is 18.0 Å². The van der Waals surface area contributed by atoms with Gasteiger partial charge in [0, 0.05) is 29.8 Å². The topological polar surface area (TPSA) is 102 Å². The SMILES string of the molecule is COc1nc(OC2CCc3c(-c4cccc(-c5ccc6c(n5)CCN(C(=O)O)C6)c4Cl)cccc32)c(C(F)(F)F)cc1C=O. The minimum Gasteiger partial charge on any atom is -0.480 e. The number of hydrogen-bond donors (Lipinski definition) is 1. The van der Waals surface area contributed by atoms with Crippen LogP contribution in [0.1, 0.15) is 50.8 Å². The molecule has 3 heterocycles. The molecule has 0 saturated heterocycles. The van der Waals surface area contributed by atoms with Gasteiger partial charge in [0.05, 0.1) is 29.9 Å². The summed E-state index contributed by atoms with van der Waals surface area (Å²) in [5.74, 6) is -0.915. The fraction of sp³-hybridized carbons (Fsp3) is 0.250. The second-order valence-electron chi connectivity index (χ2n) is 10.5. The van der Waals surface area contributed by atoms with Gasteiger partial charge in [-0.3, -0.25) is 9.78 Å².